The quantitative estimate of drug-likeness (QED) is 0.732. The summed E-state index contributed by atoms with van der Waals surface area (Å²) in [5.74, 6) is 0.941. The third-order valence-corrected chi connectivity index (χ3v) is 5.04. The maximum Gasteiger partial charge on any atom is 0.270 e. The van der Waals surface area contributed by atoms with Crippen molar-refractivity contribution in [3.05, 3.63) is 54.4 Å². The Morgan fingerprint density at radius 3 is 2.73 bits per heavy atom. The summed E-state index contributed by atoms with van der Waals surface area (Å²) in [4.78, 5) is 17.9. The summed E-state index contributed by atoms with van der Waals surface area (Å²) in [7, 11) is 0. The number of carbonyl (C=O) groups is 1. The number of amides is 1. The molecule has 4 nitrogen and oxygen atoms in total. The molecule has 2 heterocycles. The van der Waals surface area contributed by atoms with Gasteiger partial charge in [0.1, 0.15) is 11.4 Å². The Morgan fingerprint density at radius 2 is 1.92 bits per heavy atom. The molecule has 1 aromatic heterocycles. The summed E-state index contributed by atoms with van der Waals surface area (Å²) >= 11 is 0. The van der Waals surface area contributed by atoms with Crippen molar-refractivity contribution in [2.45, 2.75) is 26.2 Å². The maximum absolute atomic E-state index is 12.8. The number of hydrogen-bond donors (Lipinski definition) is 1. The highest BCUT2D eigenvalue weighted by molar-refractivity contribution is 6.01. The fourth-order valence-corrected chi connectivity index (χ4v) is 3.75. The lowest BCUT2D eigenvalue weighted by atomic mass is 9.99. The number of aromatic nitrogens is 1. The molecule has 1 aliphatic heterocycles. The smallest absolute Gasteiger partial charge is 0.270 e. The predicted molar refractivity (Wildman–Crippen MR) is 105 cm³/mol. The molecule has 0 saturated carbocycles. The average Bonchev–Trinajstić information content (AvgIpc) is 3.18. The number of aromatic amines is 1. The summed E-state index contributed by atoms with van der Waals surface area (Å²) in [5, 5.41) is 2.30. The highest BCUT2D eigenvalue weighted by Gasteiger charge is 2.21. The van der Waals surface area contributed by atoms with Crippen LogP contribution < -0.4 is 4.74 Å². The van der Waals surface area contributed by atoms with Crippen molar-refractivity contribution < 1.29 is 9.53 Å². The zero-order valence-electron chi connectivity index (χ0n) is 15.1. The minimum Gasteiger partial charge on any atom is -0.493 e. The monoisotopic (exact) mass is 348 g/mol. The van der Waals surface area contributed by atoms with Gasteiger partial charge in [0.05, 0.1) is 6.61 Å². The van der Waals surface area contributed by atoms with Gasteiger partial charge in [0.15, 0.2) is 0 Å². The van der Waals surface area contributed by atoms with E-state index < -0.39 is 0 Å². The van der Waals surface area contributed by atoms with Gasteiger partial charge in [0.2, 0.25) is 0 Å². The number of piperidine rings is 1. The van der Waals surface area contributed by atoms with Crippen molar-refractivity contribution in [2.24, 2.45) is 0 Å². The SMILES string of the molecule is CCOc1ccc2ccccc2c1-c1c[nH]c(C(=O)N2CCCCC2)c1. The Bertz CT molecular complexity index is 923. The van der Waals surface area contributed by atoms with E-state index in [4.69, 9.17) is 4.74 Å². The molecule has 0 bridgehead atoms. The molecule has 1 N–H and O–H groups in total. The standard InChI is InChI=1S/C22H24N2O2/c1-2-26-20-11-10-16-8-4-5-9-18(16)21(20)17-14-19(23-15-17)22(25)24-12-6-3-7-13-24/h4-5,8-11,14-15,23H,2-3,6-7,12-13H2,1H3. The first-order valence-electron chi connectivity index (χ1n) is 9.40. The molecule has 4 rings (SSSR count). The van der Waals surface area contributed by atoms with Crippen molar-refractivity contribution in [3.8, 4) is 16.9 Å². The van der Waals surface area contributed by atoms with Gasteiger partial charge in [-0.05, 0) is 49.1 Å². The van der Waals surface area contributed by atoms with Crippen LogP contribution in [0.5, 0.6) is 5.75 Å². The molecule has 0 spiro atoms. The van der Waals surface area contributed by atoms with E-state index in [1.807, 2.05) is 42.3 Å². The predicted octanol–water partition coefficient (Wildman–Crippen LogP) is 4.86. The Morgan fingerprint density at radius 1 is 1.12 bits per heavy atom. The van der Waals surface area contributed by atoms with Crippen LogP contribution in [-0.4, -0.2) is 35.5 Å². The normalized spacial score (nSPS) is 14.6. The van der Waals surface area contributed by atoms with Gasteiger partial charge in [-0.3, -0.25) is 4.79 Å². The number of nitrogens with one attached hydrogen (secondary N) is 1. The number of ether oxygens (including phenoxy) is 1. The summed E-state index contributed by atoms with van der Waals surface area (Å²) in [6.07, 6.45) is 5.32. The Balaban J connectivity index is 1.75. The van der Waals surface area contributed by atoms with Crippen LogP contribution in [0.25, 0.3) is 21.9 Å². The molecule has 1 amide bonds. The van der Waals surface area contributed by atoms with Crippen molar-refractivity contribution in [3.63, 3.8) is 0 Å². The number of benzene rings is 2. The third kappa shape index (κ3) is 3.07. The summed E-state index contributed by atoms with van der Waals surface area (Å²) < 4.78 is 5.88. The minimum absolute atomic E-state index is 0.0918. The van der Waals surface area contributed by atoms with E-state index in [-0.39, 0.29) is 5.91 Å². The van der Waals surface area contributed by atoms with Crippen molar-refractivity contribution in [1.82, 2.24) is 9.88 Å². The van der Waals surface area contributed by atoms with Crippen LogP contribution in [0.3, 0.4) is 0 Å². The lowest BCUT2D eigenvalue weighted by molar-refractivity contribution is 0.0719. The van der Waals surface area contributed by atoms with Crippen LogP contribution >= 0.6 is 0 Å². The zero-order chi connectivity index (χ0) is 17.9. The van der Waals surface area contributed by atoms with Crippen molar-refractivity contribution in [1.29, 1.82) is 0 Å². The van der Waals surface area contributed by atoms with E-state index in [0.29, 0.717) is 12.3 Å². The van der Waals surface area contributed by atoms with Gasteiger partial charge in [0, 0.05) is 30.4 Å². The minimum atomic E-state index is 0.0918. The molecule has 0 aliphatic carbocycles. The lowest BCUT2D eigenvalue weighted by Crippen LogP contribution is -2.35. The number of hydrogen-bond acceptors (Lipinski definition) is 2. The van der Waals surface area contributed by atoms with Gasteiger partial charge in [-0.15, -0.1) is 0 Å². The van der Waals surface area contributed by atoms with Crippen LogP contribution in [0.2, 0.25) is 0 Å². The van der Waals surface area contributed by atoms with Gasteiger partial charge in [-0.2, -0.15) is 0 Å². The van der Waals surface area contributed by atoms with Gasteiger partial charge in [-0.1, -0.05) is 30.3 Å². The molecular formula is C22H24N2O2. The van der Waals surface area contributed by atoms with Gasteiger partial charge >= 0.3 is 0 Å². The molecule has 3 aromatic rings. The lowest BCUT2D eigenvalue weighted by Gasteiger charge is -2.26. The maximum atomic E-state index is 12.8. The fourth-order valence-electron chi connectivity index (χ4n) is 3.75. The molecule has 134 valence electrons. The van der Waals surface area contributed by atoms with Gasteiger partial charge < -0.3 is 14.6 Å². The van der Waals surface area contributed by atoms with Crippen LogP contribution in [0, 0.1) is 0 Å². The van der Waals surface area contributed by atoms with E-state index in [0.717, 1.165) is 53.6 Å². The summed E-state index contributed by atoms with van der Waals surface area (Å²) in [6, 6.07) is 14.3. The summed E-state index contributed by atoms with van der Waals surface area (Å²) in [5.41, 5.74) is 2.68. The van der Waals surface area contributed by atoms with Crippen LogP contribution in [0.4, 0.5) is 0 Å². The second-order valence-corrected chi connectivity index (χ2v) is 6.75. The Kier molecular flexibility index (Phi) is 4.65. The average molecular weight is 348 g/mol. The zero-order valence-corrected chi connectivity index (χ0v) is 15.1. The molecule has 0 radical (unpaired) electrons. The van der Waals surface area contributed by atoms with E-state index in [9.17, 15) is 4.79 Å². The number of likely N-dealkylation sites (tertiary alicyclic amines) is 1. The molecule has 0 atom stereocenters. The van der Waals surface area contributed by atoms with Crippen molar-refractivity contribution in [2.75, 3.05) is 19.7 Å². The van der Waals surface area contributed by atoms with Crippen LogP contribution in [0.1, 0.15) is 36.7 Å². The molecule has 1 aliphatic rings. The Labute approximate surface area is 153 Å². The molecule has 0 unspecified atom stereocenters. The molecule has 1 saturated heterocycles. The molecule has 4 heteroatoms. The van der Waals surface area contributed by atoms with Crippen LogP contribution in [-0.2, 0) is 0 Å². The number of fused-ring (bicyclic) bond motifs is 1. The van der Waals surface area contributed by atoms with Gasteiger partial charge in [-0.25, -0.2) is 0 Å². The first kappa shape index (κ1) is 16.7. The molecule has 26 heavy (non-hydrogen) atoms. The first-order valence-corrected chi connectivity index (χ1v) is 9.40. The number of carbonyl (C=O) groups excluding carboxylic acids is 1. The number of nitrogens with zero attached hydrogens (tertiary/aromatic N) is 1. The highest BCUT2D eigenvalue weighted by Crippen LogP contribution is 2.37. The second-order valence-electron chi connectivity index (χ2n) is 6.75. The molecule has 2 aromatic carbocycles. The second kappa shape index (κ2) is 7.24. The fraction of sp³-hybridized carbons (Fsp3) is 0.318. The van der Waals surface area contributed by atoms with Gasteiger partial charge in [0.25, 0.3) is 5.91 Å². The highest BCUT2D eigenvalue weighted by atomic mass is 16.5. The summed E-state index contributed by atoms with van der Waals surface area (Å²) in [6.45, 7) is 4.30. The van der Waals surface area contributed by atoms with E-state index in [1.54, 1.807) is 0 Å². The van der Waals surface area contributed by atoms with Crippen LogP contribution in [0.15, 0.2) is 48.7 Å². The van der Waals surface area contributed by atoms with E-state index in [1.165, 1.54) is 6.42 Å². The topological polar surface area (TPSA) is 45.3 Å². The molecular weight excluding hydrogens is 324 g/mol. The number of rotatable bonds is 4. The van der Waals surface area contributed by atoms with E-state index >= 15 is 0 Å². The first-order chi connectivity index (χ1) is 12.8. The number of H-pyrrole nitrogens is 1. The van der Waals surface area contributed by atoms with Crippen molar-refractivity contribution >= 4 is 16.7 Å². The van der Waals surface area contributed by atoms with E-state index in [2.05, 4.69) is 23.2 Å². The Hall–Kier alpha value is -2.75. The largest absolute Gasteiger partial charge is 0.493 e. The third-order valence-electron chi connectivity index (χ3n) is 5.04. The molecule has 1 fully saturated rings.